The summed E-state index contributed by atoms with van der Waals surface area (Å²) in [6, 6.07) is 4.28. The third kappa shape index (κ3) is 5.36. The van der Waals surface area contributed by atoms with Gasteiger partial charge >= 0.3 is 0 Å². The van der Waals surface area contributed by atoms with Crippen LogP contribution < -0.4 is 10.2 Å². The molecule has 2 aromatic heterocycles. The Hall–Kier alpha value is -2.17. The molecule has 170 valence electrons. The zero-order valence-electron chi connectivity index (χ0n) is 18.7. The Bertz CT molecular complexity index is 854. The van der Waals surface area contributed by atoms with Gasteiger partial charge in [-0.3, -0.25) is 9.89 Å². The molecule has 2 aliphatic heterocycles. The molecule has 2 aliphatic rings. The van der Waals surface area contributed by atoms with Crippen molar-refractivity contribution >= 4 is 22.6 Å². The number of aromatic nitrogens is 2. The van der Waals surface area contributed by atoms with E-state index in [-0.39, 0.29) is 6.04 Å². The summed E-state index contributed by atoms with van der Waals surface area (Å²) < 4.78 is 16.0. The molecule has 10 heteroatoms. The average Bonchev–Trinajstić information content (AvgIpc) is 3.47. The molecule has 0 aromatic carbocycles. The first-order valence-electron chi connectivity index (χ1n) is 11.1. The topological polar surface area (TPSA) is 82.3 Å². The average molecular weight is 448 g/mol. The molecule has 1 N–H and O–H groups in total. The minimum atomic E-state index is 0.157. The number of guanidine groups is 1. The summed E-state index contributed by atoms with van der Waals surface area (Å²) in [4.78, 5) is 16.3. The number of rotatable bonds is 6. The van der Waals surface area contributed by atoms with Crippen LogP contribution in [0.5, 0.6) is 0 Å². The molecule has 31 heavy (non-hydrogen) atoms. The van der Waals surface area contributed by atoms with Crippen molar-refractivity contribution in [1.82, 2.24) is 24.5 Å². The zero-order chi connectivity index (χ0) is 21.6. The van der Waals surface area contributed by atoms with Crippen molar-refractivity contribution in [3.8, 4) is 0 Å². The van der Waals surface area contributed by atoms with Gasteiger partial charge in [-0.2, -0.15) is 4.37 Å². The highest BCUT2D eigenvalue weighted by Crippen LogP contribution is 2.24. The number of hydrogen-bond acceptors (Lipinski definition) is 8. The van der Waals surface area contributed by atoms with Gasteiger partial charge in [0.2, 0.25) is 5.13 Å². The number of anilines is 1. The largest absolute Gasteiger partial charge is 0.465 e. The molecule has 0 aliphatic carbocycles. The number of piperazine rings is 1. The van der Waals surface area contributed by atoms with Crippen LogP contribution in [0, 0.1) is 6.92 Å². The van der Waals surface area contributed by atoms with Crippen molar-refractivity contribution in [2.75, 3.05) is 71.0 Å². The number of ether oxygens (including phenoxy) is 1. The first-order chi connectivity index (χ1) is 15.2. The van der Waals surface area contributed by atoms with Gasteiger partial charge in [0.05, 0.1) is 19.3 Å². The van der Waals surface area contributed by atoms with Crippen LogP contribution in [-0.4, -0.2) is 91.2 Å². The smallest absolute Gasteiger partial charge is 0.205 e. The van der Waals surface area contributed by atoms with Gasteiger partial charge in [0, 0.05) is 70.8 Å². The number of furan rings is 1. The van der Waals surface area contributed by atoms with E-state index in [4.69, 9.17) is 9.15 Å². The van der Waals surface area contributed by atoms with Gasteiger partial charge < -0.3 is 24.3 Å². The Morgan fingerprint density at radius 2 is 1.97 bits per heavy atom. The second-order valence-electron chi connectivity index (χ2n) is 7.86. The highest BCUT2D eigenvalue weighted by Gasteiger charge is 2.27. The van der Waals surface area contributed by atoms with Crippen LogP contribution >= 0.6 is 11.5 Å². The van der Waals surface area contributed by atoms with Gasteiger partial charge in [-0.25, -0.2) is 4.98 Å². The molecular weight excluding hydrogens is 414 g/mol. The van der Waals surface area contributed by atoms with Crippen molar-refractivity contribution in [2.24, 2.45) is 4.99 Å². The molecule has 1 atom stereocenters. The molecule has 0 saturated carbocycles. The fourth-order valence-electron chi connectivity index (χ4n) is 4.08. The molecule has 1 unspecified atom stereocenters. The number of hydrogen-bond donors (Lipinski definition) is 1. The van der Waals surface area contributed by atoms with E-state index in [1.807, 2.05) is 20.0 Å². The van der Waals surface area contributed by atoms with Crippen LogP contribution in [0.1, 0.15) is 30.3 Å². The maximum absolute atomic E-state index is 5.99. The molecule has 9 nitrogen and oxygen atoms in total. The van der Waals surface area contributed by atoms with E-state index in [2.05, 4.69) is 47.4 Å². The predicted octanol–water partition coefficient (Wildman–Crippen LogP) is 1.77. The highest BCUT2D eigenvalue weighted by molar-refractivity contribution is 7.09. The van der Waals surface area contributed by atoms with Crippen molar-refractivity contribution in [3.63, 3.8) is 0 Å². The second kappa shape index (κ2) is 10.4. The van der Waals surface area contributed by atoms with Crippen molar-refractivity contribution in [2.45, 2.75) is 26.3 Å². The lowest BCUT2D eigenvalue weighted by molar-refractivity contribution is 0.0123. The summed E-state index contributed by atoms with van der Waals surface area (Å²) in [5.74, 6) is 3.81. The molecule has 4 heterocycles. The molecule has 0 bridgehead atoms. The molecule has 2 fully saturated rings. The molecule has 2 aromatic rings. The quantitative estimate of drug-likeness (QED) is 0.530. The molecule has 0 radical (unpaired) electrons. The van der Waals surface area contributed by atoms with E-state index in [1.54, 1.807) is 0 Å². The Labute approximate surface area is 188 Å². The lowest BCUT2D eigenvalue weighted by atomic mass is 10.1. The highest BCUT2D eigenvalue weighted by atomic mass is 32.1. The first kappa shape index (κ1) is 22.0. The van der Waals surface area contributed by atoms with Gasteiger partial charge in [-0.05, 0) is 19.1 Å². The summed E-state index contributed by atoms with van der Waals surface area (Å²) in [6.07, 6.45) is 0.881. The maximum Gasteiger partial charge on any atom is 0.205 e. The van der Waals surface area contributed by atoms with Gasteiger partial charge in [-0.15, -0.1) is 0 Å². The van der Waals surface area contributed by atoms with Gasteiger partial charge in [0.1, 0.15) is 17.3 Å². The minimum absolute atomic E-state index is 0.157. The lowest BCUT2D eigenvalue weighted by Crippen LogP contribution is -2.54. The summed E-state index contributed by atoms with van der Waals surface area (Å²) in [7, 11) is 1.85. The van der Waals surface area contributed by atoms with Crippen molar-refractivity contribution in [1.29, 1.82) is 0 Å². The fraction of sp³-hybridized carbons (Fsp3) is 0.667. The Kier molecular flexibility index (Phi) is 7.41. The number of morpholine rings is 1. The van der Waals surface area contributed by atoms with Crippen LogP contribution in [0.25, 0.3) is 0 Å². The third-order valence-corrected chi connectivity index (χ3v) is 6.68. The van der Waals surface area contributed by atoms with Crippen LogP contribution in [-0.2, 0) is 11.2 Å². The SMILES string of the molecule is CCc1nsc(N2CCN(C(=NC)NCC(c3ccc(C)o3)N3CCOCC3)CC2)n1. The summed E-state index contributed by atoms with van der Waals surface area (Å²) in [6.45, 7) is 11.8. The molecule has 0 amide bonds. The van der Waals surface area contributed by atoms with Gasteiger partial charge in [0.15, 0.2) is 5.96 Å². The standard InChI is InChI=1S/C21H33N7O2S/c1-4-19-24-21(31-25-19)28-9-7-27(8-10-28)20(22-3)23-15-17(18-6-5-16(2)30-18)26-11-13-29-14-12-26/h5-6,17H,4,7-15H2,1-3H3,(H,22,23). The fourth-order valence-corrected chi connectivity index (χ4v) is 4.88. The van der Waals surface area contributed by atoms with Crippen molar-refractivity contribution in [3.05, 3.63) is 29.5 Å². The zero-order valence-corrected chi connectivity index (χ0v) is 19.5. The monoisotopic (exact) mass is 447 g/mol. The summed E-state index contributed by atoms with van der Waals surface area (Å²) in [5, 5.41) is 4.63. The van der Waals surface area contributed by atoms with Crippen LogP contribution in [0.3, 0.4) is 0 Å². The Morgan fingerprint density at radius 3 is 2.58 bits per heavy atom. The normalized spacial score (nSPS) is 19.6. The van der Waals surface area contributed by atoms with Crippen LogP contribution in [0.4, 0.5) is 5.13 Å². The minimum Gasteiger partial charge on any atom is -0.465 e. The molecule has 0 spiro atoms. The van der Waals surface area contributed by atoms with E-state index < -0.39 is 0 Å². The molecular formula is C21H33N7O2S. The van der Waals surface area contributed by atoms with E-state index >= 15 is 0 Å². The van der Waals surface area contributed by atoms with Crippen LogP contribution in [0.15, 0.2) is 21.5 Å². The summed E-state index contributed by atoms with van der Waals surface area (Å²) >= 11 is 1.50. The molecule has 4 rings (SSSR count). The third-order valence-electron chi connectivity index (χ3n) is 5.86. The van der Waals surface area contributed by atoms with E-state index in [0.29, 0.717) is 0 Å². The van der Waals surface area contributed by atoms with E-state index in [9.17, 15) is 0 Å². The first-order valence-corrected chi connectivity index (χ1v) is 11.9. The summed E-state index contributed by atoms with van der Waals surface area (Å²) in [5.41, 5.74) is 0. The molecule has 2 saturated heterocycles. The Morgan fingerprint density at radius 1 is 1.19 bits per heavy atom. The number of nitrogens with one attached hydrogen (secondary N) is 1. The van der Waals surface area contributed by atoms with Crippen LogP contribution in [0.2, 0.25) is 0 Å². The van der Waals surface area contributed by atoms with Crippen molar-refractivity contribution < 1.29 is 9.15 Å². The number of nitrogens with zero attached hydrogens (tertiary/aromatic N) is 6. The van der Waals surface area contributed by atoms with Gasteiger partial charge in [-0.1, -0.05) is 6.92 Å². The van der Waals surface area contributed by atoms with E-state index in [0.717, 1.165) is 93.9 Å². The number of aryl methyl sites for hydroxylation is 2. The lowest BCUT2D eigenvalue weighted by Gasteiger charge is -2.37. The second-order valence-corrected chi connectivity index (χ2v) is 8.59. The Balaban J connectivity index is 1.35. The maximum atomic E-state index is 5.99. The van der Waals surface area contributed by atoms with E-state index in [1.165, 1.54) is 11.5 Å². The predicted molar refractivity (Wildman–Crippen MR) is 123 cm³/mol. The van der Waals surface area contributed by atoms with Gasteiger partial charge in [0.25, 0.3) is 0 Å². The number of aliphatic imine (C=N–C) groups is 1.